The van der Waals surface area contributed by atoms with Crippen LogP contribution in [0, 0.1) is 26.7 Å². The van der Waals surface area contributed by atoms with Crippen LogP contribution in [0.4, 0.5) is 0 Å². The molecule has 0 aliphatic heterocycles. The monoisotopic (exact) mass is 424 g/mol. The molecule has 0 saturated heterocycles. The van der Waals surface area contributed by atoms with Gasteiger partial charge in [0, 0.05) is 13.1 Å². The van der Waals surface area contributed by atoms with Gasteiger partial charge in [0.1, 0.15) is 11.8 Å². The molecule has 31 heavy (non-hydrogen) atoms. The van der Waals surface area contributed by atoms with E-state index in [1.165, 1.54) is 0 Å². The predicted octanol–water partition coefficient (Wildman–Crippen LogP) is 4.57. The van der Waals surface area contributed by atoms with Crippen LogP contribution in [-0.2, 0) is 16.1 Å². The third-order valence-corrected chi connectivity index (χ3v) is 5.19. The number of nitrogens with zero attached hydrogens (tertiary/aromatic N) is 1. The number of aryl methyl sites for hydroxylation is 3. The fourth-order valence-corrected chi connectivity index (χ4v) is 3.53. The van der Waals surface area contributed by atoms with Crippen molar-refractivity contribution in [2.24, 2.45) is 5.92 Å². The van der Waals surface area contributed by atoms with Crippen LogP contribution in [0.15, 0.2) is 42.5 Å². The summed E-state index contributed by atoms with van der Waals surface area (Å²) >= 11 is 0. The van der Waals surface area contributed by atoms with Gasteiger partial charge in [0.2, 0.25) is 5.91 Å². The summed E-state index contributed by atoms with van der Waals surface area (Å²) in [6, 6.07) is 13.3. The number of nitrogens with one attached hydrogen (secondary N) is 1. The molecule has 0 radical (unpaired) electrons. The van der Waals surface area contributed by atoms with Crippen LogP contribution in [0.3, 0.4) is 0 Å². The summed E-state index contributed by atoms with van der Waals surface area (Å²) in [6.45, 7) is 12.9. The van der Waals surface area contributed by atoms with Crippen LogP contribution in [0.2, 0.25) is 0 Å². The van der Waals surface area contributed by atoms with E-state index < -0.39 is 6.04 Å². The lowest BCUT2D eigenvalue weighted by Gasteiger charge is -2.31. The van der Waals surface area contributed by atoms with E-state index in [-0.39, 0.29) is 18.4 Å². The molecule has 2 rings (SSSR count). The summed E-state index contributed by atoms with van der Waals surface area (Å²) in [4.78, 5) is 27.8. The minimum absolute atomic E-state index is 0.107. The van der Waals surface area contributed by atoms with Crippen molar-refractivity contribution < 1.29 is 14.3 Å². The average molecular weight is 425 g/mol. The van der Waals surface area contributed by atoms with E-state index in [4.69, 9.17) is 4.74 Å². The zero-order valence-corrected chi connectivity index (χ0v) is 19.7. The van der Waals surface area contributed by atoms with Gasteiger partial charge in [-0.25, -0.2) is 0 Å². The van der Waals surface area contributed by atoms with Gasteiger partial charge in [0.15, 0.2) is 6.61 Å². The molecule has 2 aromatic carbocycles. The number of hydrogen-bond acceptors (Lipinski definition) is 3. The van der Waals surface area contributed by atoms with Crippen LogP contribution in [0.25, 0.3) is 0 Å². The predicted molar refractivity (Wildman–Crippen MR) is 125 cm³/mol. The van der Waals surface area contributed by atoms with E-state index in [0.717, 1.165) is 22.3 Å². The van der Waals surface area contributed by atoms with Crippen molar-refractivity contribution in [3.63, 3.8) is 0 Å². The summed E-state index contributed by atoms with van der Waals surface area (Å²) in [5, 5.41) is 2.98. The van der Waals surface area contributed by atoms with Gasteiger partial charge in [-0.1, -0.05) is 68.3 Å². The van der Waals surface area contributed by atoms with E-state index >= 15 is 0 Å². The van der Waals surface area contributed by atoms with Gasteiger partial charge in [-0.15, -0.1) is 0 Å². The van der Waals surface area contributed by atoms with Crippen LogP contribution in [-0.4, -0.2) is 35.9 Å². The Morgan fingerprint density at radius 1 is 1.03 bits per heavy atom. The summed E-state index contributed by atoms with van der Waals surface area (Å²) in [5.41, 5.74) is 4.24. The van der Waals surface area contributed by atoms with Crippen molar-refractivity contribution in [2.75, 3.05) is 13.2 Å². The largest absolute Gasteiger partial charge is 0.483 e. The fourth-order valence-electron chi connectivity index (χ4n) is 3.53. The fraction of sp³-hybridized carbons (Fsp3) is 0.462. The zero-order valence-electron chi connectivity index (χ0n) is 19.7. The third-order valence-electron chi connectivity index (χ3n) is 5.19. The highest BCUT2D eigenvalue weighted by Crippen LogP contribution is 2.20. The first kappa shape index (κ1) is 24.4. The van der Waals surface area contributed by atoms with Crippen LogP contribution in [0.5, 0.6) is 5.75 Å². The van der Waals surface area contributed by atoms with Crippen LogP contribution >= 0.6 is 0 Å². The highest BCUT2D eigenvalue weighted by Gasteiger charge is 2.29. The molecule has 5 heteroatoms. The summed E-state index contributed by atoms with van der Waals surface area (Å²) in [6.07, 6.45) is 0.533. The van der Waals surface area contributed by atoms with Gasteiger partial charge in [0.05, 0.1) is 0 Å². The molecule has 5 nitrogen and oxygen atoms in total. The molecule has 2 aromatic rings. The molecule has 0 unspecified atom stereocenters. The maximum atomic E-state index is 13.2. The molecule has 2 amide bonds. The number of ether oxygens (including phenoxy) is 1. The number of rotatable bonds is 10. The molecule has 168 valence electrons. The Bertz CT molecular complexity index is 892. The lowest BCUT2D eigenvalue weighted by molar-refractivity contribution is -0.143. The summed E-state index contributed by atoms with van der Waals surface area (Å²) in [5.74, 6) is 0.707. The van der Waals surface area contributed by atoms with Crippen molar-refractivity contribution in [3.8, 4) is 5.75 Å². The maximum Gasteiger partial charge on any atom is 0.261 e. The Balaban J connectivity index is 2.21. The molecule has 0 aliphatic rings. The van der Waals surface area contributed by atoms with E-state index in [1.807, 2.05) is 70.2 Å². The summed E-state index contributed by atoms with van der Waals surface area (Å²) in [7, 11) is 0. The van der Waals surface area contributed by atoms with Crippen LogP contribution < -0.4 is 10.1 Å². The Morgan fingerprint density at radius 2 is 1.74 bits per heavy atom. The third kappa shape index (κ3) is 7.42. The second-order valence-corrected chi connectivity index (χ2v) is 8.63. The second-order valence-electron chi connectivity index (χ2n) is 8.63. The van der Waals surface area contributed by atoms with Gasteiger partial charge >= 0.3 is 0 Å². The topological polar surface area (TPSA) is 58.6 Å². The van der Waals surface area contributed by atoms with Crippen molar-refractivity contribution in [3.05, 3.63) is 64.7 Å². The van der Waals surface area contributed by atoms with Crippen molar-refractivity contribution in [1.29, 1.82) is 0 Å². The minimum Gasteiger partial charge on any atom is -0.483 e. The molecule has 0 fully saturated rings. The Kier molecular flexibility index (Phi) is 9.10. The molecule has 0 bridgehead atoms. The van der Waals surface area contributed by atoms with Crippen molar-refractivity contribution >= 4 is 11.8 Å². The molecule has 1 N–H and O–H groups in total. The number of carbonyl (C=O) groups is 2. The normalized spacial score (nSPS) is 11.8. The zero-order chi connectivity index (χ0) is 23.0. The standard InChI is InChI=1S/C26H36N2O3/c1-7-23(26(30)27-15-18(2)3)28(16-22-10-8-9-19(4)14-22)25(29)17-31-24-12-11-20(5)13-21(24)6/h8-14,18,23H,7,15-17H2,1-6H3,(H,27,30)/t23-/m0/s1. The SMILES string of the molecule is CC[C@@H](C(=O)NCC(C)C)N(Cc1cccc(C)c1)C(=O)COc1ccc(C)cc1C. The quantitative estimate of drug-likeness (QED) is 0.608. The lowest BCUT2D eigenvalue weighted by Crippen LogP contribution is -2.50. The minimum atomic E-state index is -0.547. The molecule has 0 aliphatic carbocycles. The Labute approximate surface area is 186 Å². The summed E-state index contributed by atoms with van der Waals surface area (Å²) < 4.78 is 5.85. The molecule has 0 heterocycles. The van der Waals surface area contributed by atoms with E-state index in [9.17, 15) is 9.59 Å². The number of hydrogen-bond donors (Lipinski definition) is 1. The first-order chi connectivity index (χ1) is 14.7. The number of benzene rings is 2. The Morgan fingerprint density at radius 3 is 2.35 bits per heavy atom. The maximum absolute atomic E-state index is 13.2. The first-order valence-corrected chi connectivity index (χ1v) is 11.0. The molecule has 0 saturated carbocycles. The number of amides is 2. The highest BCUT2D eigenvalue weighted by molar-refractivity contribution is 5.88. The number of carbonyl (C=O) groups excluding carboxylic acids is 2. The van der Waals surface area contributed by atoms with Gasteiger partial charge in [0.25, 0.3) is 5.91 Å². The van der Waals surface area contributed by atoms with Crippen LogP contribution in [0.1, 0.15) is 49.4 Å². The second kappa shape index (κ2) is 11.5. The molecular formula is C26H36N2O3. The van der Waals surface area contributed by atoms with Crippen molar-refractivity contribution in [1.82, 2.24) is 10.2 Å². The molecular weight excluding hydrogens is 388 g/mol. The van der Waals surface area contributed by atoms with E-state index in [1.54, 1.807) is 4.90 Å². The van der Waals surface area contributed by atoms with Crippen molar-refractivity contribution in [2.45, 2.75) is 60.5 Å². The van der Waals surface area contributed by atoms with E-state index in [0.29, 0.717) is 31.2 Å². The van der Waals surface area contributed by atoms with Gasteiger partial charge in [-0.3, -0.25) is 9.59 Å². The van der Waals surface area contributed by atoms with Gasteiger partial charge in [-0.05, 0) is 50.3 Å². The van der Waals surface area contributed by atoms with Gasteiger partial charge in [-0.2, -0.15) is 0 Å². The molecule has 0 aromatic heterocycles. The average Bonchev–Trinajstić information content (AvgIpc) is 2.71. The van der Waals surface area contributed by atoms with Gasteiger partial charge < -0.3 is 15.0 Å². The van der Waals surface area contributed by atoms with E-state index in [2.05, 4.69) is 19.2 Å². The highest BCUT2D eigenvalue weighted by atomic mass is 16.5. The first-order valence-electron chi connectivity index (χ1n) is 11.0. The Hall–Kier alpha value is -2.82. The lowest BCUT2D eigenvalue weighted by atomic mass is 10.1. The smallest absolute Gasteiger partial charge is 0.261 e. The molecule has 1 atom stereocenters. The molecule has 0 spiro atoms.